The van der Waals surface area contributed by atoms with E-state index in [9.17, 15) is 4.79 Å². The van der Waals surface area contributed by atoms with E-state index in [4.69, 9.17) is 9.47 Å². The van der Waals surface area contributed by atoms with Gasteiger partial charge in [0.25, 0.3) is 0 Å². The topological polar surface area (TPSA) is 69.5 Å². The molecule has 0 spiro atoms. The SMILES string of the molecule is COc1ccc(-c2nnc(SCC(=O)N3CCCCC3C)n2C2CCCCC2)cc1OC. The van der Waals surface area contributed by atoms with Gasteiger partial charge in [-0.05, 0) is 57.2 Å². The summed E-state index contributed by atoms with van der Waals surface area (Å²) in [5.74, 6) is 2.80. The zero-order chi connectivity index (χ0) is 22.5. The fourth-order valence-electron chi connectivity index (χ4n) is 4.89. The van der Waals surface area contributed by atoms with E-state index < -0.39 is 0 Å². The summed E-state index contributed by atoms with van der Waals surface area (Å²) in [6, 6.07) is 6.54. The Morgan fingerprint density at radius 1 is 1.03 bits per heavy atom. The van der Waals surface area contributed by atoms with Crippen molar-refractivity contribution in [2.45, 2.75) is 75.5 Å². The zero-order valence-corrected chi connectivity index (χ0v) is 20.2. The van der Waals surface area contributed by atoms with E-state index in [1.165, 1.54) is 37.4 Å². The highest BCUT2D eigenvalue weighted by Crippen LogP contribution is 2.38. The van der Waals surface area contributed by atoms with Crippen LogP contribution < -0.4 is 9.47 Å². The lowest BCUT2D eigenvalue weighted by Crippen LogP contribution is -2.43. The maximum atomic E-state index is 12.9. The van der Waals surface area contributed by atoms with Crippen LogP contribution in [0.15, 0.2) is 23.4 Å². The third-order valence-electron chi connectivity index (χ3n) is 6.69. The number of piperidine rings is 1. The number of hydrogen-bond acceptors (Lipinski definition) is 6. The summed E-state index contributed by atoms with van der Waals surface area (Å²) in [6.45, 7) is 3.02. The number of rotatable bonds is 7. The van der Waals surface area contributed by atoms with Crippen molar-refractivity contribution in [1.29, 1.82) is 0 Å². The van der Waals surface area contributed by atoms with Crippen molar-refractivity contribution in [3.8, 4) is 22.9 Å². The van der Waals surface area contributed by atoms with Gasteiger partial charge in [0.2, 0.25) is 5.91 Å². The van der Waals surface area contributed by atoms with Crippen LogP contribution >= 0.6 is 11.8 Å². The van der Waals surface area contributed by atoms with Gasteiger partial charge >= 0.3 is 0 Å². The number of hydrogen-bond donors (Lipinski definition) is 0. The van der Waals surface area contributed by atoms with Gasteiger partial charge in [0.15, 0.2) is 22.5 Å². The van der Waals surface area contributed by atoms with Crippen molar-refractivity contribution in [3.63, 3.8) is 0 Å². The molecule has 1 aromatic carbocycles. The smallest absolute Gasteiger partial charge is 0.233 e. The lowest BCUT2D eigenvalue weighted by molar-refractivity contribution is -0.131. The standard InChI is InChI=1S/C24H34N4O3S/c1-17-9-7-8-14-27(17)22(29)16-32-24-26-25-23(28(24)19-10-5-4-6-11-19)18-12-13-20(30-2)21(15-18)31-3/h12-13,15,17,19H,4-11,14,16H2,1-3H3. The Bertz CT molecular complexity index is 926. The second kappa shape index (κ2) is 10.6. The second-order valence-corrected chi connectivity index (χ2v) is 9.70. The van der Waals surface area contributed by atoms with E-state index in [1.807, 2.05) is 23.1 Å². The molecule has 2 heterocycles. The summed E-state index contributed by atoms with van der Waals surface area (Å²) >= 11 is 1.52. The number of carbonyl (C=O) groups is 1. The number of aromatic nitrogens is 3. The van der Waals surface area contributed by atoms with Crippen molar-refractivity contribution >= 4 is 17.7 Å². The summed E-state index contributed by atoms with van der Waals surface area (Å²) in [7, 11) is 3.28. The van der Waals surface area contributed by atoms with Crippen LogP contribution in [0, 0.1) is 0 Å². The van der Waals surface area contributed by atoms with Crippen LogP contribution in [0.3, 0.4) is 0 Å². The van der Waals surface area contributed by atoms with E-state index in [2.05, 4.69) is 21.7 Å². The Kier molecular flexibility index (Phi) is 7.60. The fraction of sp³-hybridized carbons (Fsp3) is 0.625. The molecular weight excluding hydrogens is 424 g/mol. The van der Waals surface area contributed by atoms with Crippen LogP contribution in [-0.2, 0) is 4.79 Å². The van der Waals surface area contributed by atoms with Gasteiger partial charge in [-0.3, -0.25) is 9.36 Å². The maximum absolute atomic E-state index is 12.9. The molecule has 2 aromatic rings. The molecule has 4 rings (SSSR count). The van der Waals surface area contributed by atoms with E-state index in [0.29, 0.717) is 29.3 Å². The van der Waals surface area contributed by atoms with Crippen LogP contribution in [0.2, 0.25) is 0 Å². The lowest BCUT2D eigenvalue weighted by atomic mass is 9.95. The predicted octanol–water partition coefficient (Wildman–Crippen LogP) is 4.96. The molecule has 1 unspecified atom stereocenters. The van der Waals surface area contributed by atoms with Crippen molar-refractivity contribution in [1.82, 2.24) is 19.7 Å². The Labute approximate surface area is 194 Å². The molecule has 1 aliphatic carbocycles. The molecule has 1 aliphatic heterocycles. The summed E-state index contributed by atoms with van der Waals surface area (Å²) < 4.78 is 13.2. The molecule has 1 saturated heterocycles. The molecule has 1 amide bonds. The number of benzene rings is 1. The molecule has 2 aliphatic rings. The van der Waals surface area contributed by atoms with Gasteiger partial charge in [-0.15, -0.1) is 10.2 Å². The monoisotopic (exact) mass is 458 g/mol. The van der Waals surface area contributed by atoms with Crippen molar-refractivity contribution < 1.29 is 14.3 Å². The average Bonchev–Trinajstić information content (AvgIpc) is 3.27. The Morgan fingerprint density at radius 3 is 2.50 bits per heavy atom. The summed E-state index contributed by atoms with van der Waals surface area (Å²) in [5, 5.41) is 9.94. The molecule has 0 N–H and O–H groups in total. The maximum Gasteiger partial charge on any atom is 0.233 e. The van der Waals surface area contributed by atoms with Gasteiger partial charge in [-0.1, -0.05) is 31.0 Å². The van der Waals surface area contributed by atoms with Gasteiger partial charge in [0.05, 0.1) is 20.0 Å². The normalized spacial score (nSPS) is 19.7. The number of nitrogens with zero attached hydrogens (tertiary/aromatic N) is 4. The molecule has 174 valence electrons. The van der Waals surface area contributed by atoms with Gasteiger partial charge in [-0.25, -0.2) is 0 Å². The summed E-state index contributed by atoms with van der Waals surface area (Å²) in [4.78, 5) is 15.0. The number of ether oxygens (including phenoxy) is 2. The largest absolute Gasteiger partial charge is 0.493 e. The van der Waals surface area contributed by atoms with E-state index in [0.717, 1.165) is 48.8 Å². The van der Waals surface area contributed by atoms with E-state index in [-0.39, 0.29) is 5.91 Å². The highest BCUT2D eigenvalue weighted by Gasteiger charge is 2.27. The van der Waals surface area contributed by atoms with Crippen LogP contribution in [0.5, 0.6) is 11.5 Å². The van der Waals surface area contributed by atoms with Crippen LogP contribution in [0.4, 0.5) is 0 Å². The number of carbonyl (C=O) groups excluding carboxylic acids is 1. The molecule has 0 radical (unpaired) electrons. The highest BCUT2D eigenvalue weighted by atomic mass is 32.2. The van der Waals surface area contributed by atoms with Crippen molar-refractivity contribution in [2.24, 2.45) is 0 Å². The fourth-order valence-corrected chi connectivity index (χ4v) is 5.79. The average molecular weight is 459 g/mol. The Hall–Kier alpha value is -2.22. The molecule has 32 heavy (non-hydrogen) atoms. The Morgan fingerprint density at radius 2 is 1.78 bits per heavy atom. The zero-order valence-electron chi connectivity index (χ0n) is 19.4. The first-order valence-electron chi connectivity index (χ1n) is 11.7. The van der Waals surface area contributed by atoms with Gasteiger partial charge in [-0.2, -0.15) is 0 Å². The molecule has 8 heteroatoms. The lowest BCUT2D eigenvalue weighted by Gasteiger charge is -2.33. The van der Waals surface area contributed by atoms with Crippen LogP contribution in [-0.4, -0.2) is 58.1 Å². The first-order chi connectivity index (χ1) is 15.6. The van der Waals surface area contributed by atoms with Crippen molar-refractivity contribution in [2.75, 3.05) is 26.5 Å². The Balaban J connectivity index is 1.60. The molecule has 1 saturated carbocycles. The van der Waals surface area contributed by atoms with E-state index >= 15 is 0 Å². The van der Waals surface area contributed by atoms with Gasteiger partial charge < -0.3 is 14.4 Å². The minimum Gasteiger partial charge on any atom is -0.493 e. The number of likely N-dealkylation sites (tertiary alicyclic amines) is 1. The number of thioether (sulfide) groups is 1. The van der Waals surface area contributed by atoms with E-state index in [1.54, 1.807) is 14.2 Å². The molecule has 1 atom stereocenters. The van der Waals surface area contributed by atoms with Crippen LogP contribution in [0.1, 0.15) is 64.3 Å². The third-order valence-corrected chi connectivity index (χ3v) is 7.62. The number of methoxy groups -OCH3 is 2. The van der Waals surface area contributed by atoms with Crippen molar-refractivity contribution in [3.05, 3.63) is 18.2 Å². The molecular formula is C24H34N4O3S. The quantitative estimate of drug-likeness (QED) is 0.546. The van der Waals surface area contributed by atoms with Crippen LogP contribution in [0.25, 0.3) is 11.4 Å². The summed E-state index contributed by atoms with van der Waals surface area (Å²) in [5.41, 5.74) is 0.948. The molecule has 7 nitrogen and oxygen atoms in total. The summed E-state index contributed by atoms with van der Waals surface area (Å²) in [6.07, 6.45) is 9.33. The molecule has 1 aromatic heterocycles. The number of amides is 1. The highest BCUT2D eigenvalue weighted by molar-refractivity contribution is 7.99. The second-order valence-electron chi connectivity index (χ2n) is 8.76. The minimum atomic E-state index is 0.202. The first kappa shape index (κ1) is 23.0. The van der Waals surface area contributed by atoms with Gasteiger partial charge in [0, 0.05) is 24.2 Å². The molecule has 0 bridgehead atoms. The van der Waals surface area contributed by atoms with Gasteiger partial charge in [0.1, 0.15) is 0 Å². The third kappa shape index (κ3) is 4.90. The first-order valence-corrected chi connectivity index (χ1v) is 12.7. The minimum absolute atomic E-state index is 0.202. The predicted molar refractivity (Wildman–Crippen MR) is 126 cm³/mol. The molecule has 2 fully saturated rings.